The van der Waals surface area contributed by atoms with Crippen molar-refractivity contribution in [2.45, 2.75) is 44.7 Å². The third-order valence-corrected chi connectivity index (χ3v) is 3.51. The van der Waals surface area contributed by atoms with E-state index in [1.807, 2.05) is 13.8 Å². The van der Waals surface area contributed by atoms with E-state index in [0.717, 1.165) is 0 Å². The topological polar surface area (TPSA) is 38.7 Å². The Hall–Kier alpha value is -0.970. The van der Waals surface area contributed by atoms with Crippen LogP contribution in [0.4, 0.5) is 4.39 Å². The highest BCUT2D eigenvalue weighted by molar-refractivity contribution is 5.22. The molecule has 1 fully saturated rings. The molecule has 0 spiro atoms. The molecular weight excluding hydrogens is 235 g/mol. The normalized spacial score (nSPS) is 26.4. The number of aliphatic hydroxyl groups excluding tert-OH is 1. The van der Waals surface area contributed by atoms with E-state index in [9.17, 15) is 9.50 Å². The summed E-state index contributed by atoms with van der Waals surface area (Å²) < 4.78 is 25.5. The summed E-state index contributed by atoms with van der Waals surface area (Å²) in [7, 11) is 0. The molecule has 2 atom stereocenters. The fourth-order valence-electron chi connectivity index (χ4n) is 2.36. The standard InChI is InChI=1S/C14H19FO3/c1-3-14(4-2)17-12(9-16)13(18-14)10-7-5-6-8-11(10)15/h5-8,12-13,16H,3-4,9H2,1-2H3/t12-,13?/m0/s1. The Morgan fingerprint density at radius 3 is 2.44 bits per heavy atom. The van der Waals surface area contributed by atoms with Crippen molar-refractivity contribution < 1.29 is 19.0 Å². The second-order valence-corrected chi connectivity index (χ2v) is 4.52. The van der Waals surface area contributed by atoms with Crippen LogP contribution >= 0.6 is 0 Å². The van der Waals surface area contributed by atoms with Gasteiger partial charge in [0.25, 0.3) is 0 Å². The van der Waals surface area contributed by atoms with Gasteiger partial charge in [-0.1, -0.05) is 32.0 Å². The highest BCUT2D eigenvalue weighted by Gasteiger charge is 2.46. The van der Waals surface area contributed by atoms with Crippen molar-refractivity contribution in [1.82, 2.24) is 0 Å². The molecule has 2 rings (SSSR count). The second kappa shape index (κ2) is 5.34. The van der Waals surface area contributed by atoms with Crippen molar-refractivity contribution in [2.24, 2.45) is 0 Å². The lowest BCUT2D eigenvalue weighted by molar-refractivity contribution is -0.182. The number of ether oxygens (including phenoxy) is 2. The molecule has 1 aromatic carbocycles. The van der Waals surface area contributed by atoms with Gasteiger partial charge < -0.3 is 14.6 Å². The van der Waals surface area contributed by atoms with Crippen molar-refractivity contribution in [2.75, 3.05) is 6.61 Å². The maximum atomic E-state index is 13.8. The molecule has 0 aliphatic carbocycles. The Morgan fingerprint density at radius 1 is 1.22 bits per heavy atom. The summed E-state index contributed by atoms with van der Waals surface area (Å²) in [5.41, 5.74) is 0.445. The Bertz CT molecular complexity index is 404. The van der Waals surface area contributed by atoms with Gasteiger partial charge in [0, 0.05) is 5.56 Å². The molecule has 0 aromatic heterocycles. The predicted octanol–water partition coefficient (Wildman–Crippen LogP) is 2.79. The zero-order chi connectivity index (χ0) is 13.2. The molecule has 4 heteroatoms. The molecule has 1 saturated heterocycles. The number of hydrogen-bond donors (Lipinski definition) is 1. The summed E-state index contributed by atoms with van der Waals surface area (Å²) in [6, 6.07) is 6.46. The van der Waals surface area contributed by atoms with Crippen LogP contribution in [0.25, 0.3) is 0 Å². The lowest BCUT2D eigenvalue weighted by Gasteiger charge is -2.25. The number of halogens is 1. The first-order valence-corrected chi connectivity index (χ1v) is 6.36. The van der Waals surface area contributed by atoms with E-state index in [1.165, 1.54) is 6.07 Å². The first-order chi connectivity index (χ1) is 8.65. The molecule has 1 N–H and O–H groups in total. The van der Waals surface area contributed by atoms with E-state index < -0.39 is 18.0 Å². The molecular formula is C14H19FO3. The van der Waals surface area contributed by atoms with E-state index in [4.69, 9.17) is 9.47 Å². The van der Waals surface area contributed by atoms with Crippen LogP contribution in [0.2, 0.25) is 0 Å². The van der Waals surface area contributed by atoms with E-state index in [1.54, 1.807) is 18.2 Å². The fourth-order valence-corrected chi connectivity index (χ4v) is 2.36. The monoisotopic (exact) mass is 254 g/mol. The molecule has 0 saturated carbocycles. The summed E-state index contributed by atoms with van der Waals surface area (Å²) in [6.07, 6.45) is 0.286. The first-order valence-electron chi connectivity index (χ1n) is 6.36. The van der Waals surface area contributed by atoms with E-state index in [0.29, 0.717) is 18.4 Å². The summed E-state index contributed by atoms with van der Waals surface area (Å²) in [5, 5.41) is 9.38. The van der Waals surface area contributed by atoms with Crippen molar-refractivity contribution in [3.8, 4) is 0 Å². The Kier molecular flexibility index (Phi) is 4.00. The summed E-state index contributed by atoms with van der Waals surface area (Å²) in [6.45, 7) is 3.74. The molecule has 0 bridgehead atoms. The number of rotatable bonds is 4. The molecule has 1 aromatic rings. The zero-order valence-electron chi connectivity index (χ0n) is 10.7. The van der Waals surface area contributed by atoms with Gasteiger partial charge in [0.15, 0.2) is 5.79 Å². The smallest absolute Gasteiger partial charge is 0.169 e. The fraction of sp³-hybridized carbons (Fsp3) is 0.571. The zero-order valence-corrected chi connectivity index (χ0v) is 10.7. The maximum absolute atomic E-state index is 13.8. The quantitative estimate of drug-likeness (QED) is 0.898. The van der Waals surface area contributed by atoms with Crippen LogP contribution in [0.3, 0.4) is 0 Å². The molecule has 1 heterocycles. The summed E-state index contributed by atoms with van der Waals surface area (Å²) in [4.78, 5) is 0. The van der Waals surface area contributed by atoms with Gasteiger partial charge in [-0.2, -0.15) is 0 Å². The van der Waals surface area contributed by atoms with Crippen molar-refractivity contribution in [3.63, 3.8) is 0 Å². The number of aliphatic hydroxyl groups is 1. The van der Waals surface area contributed by atoms with Crippen LogP contribution in [0.1, 0.15) is 38.4 Å². The largest absolute Gasteiger partial charge is 0.394 e. The van der Waals surface area contributed by atoms with Gasteiger partial charge >= 0.3 is 0 Å². The molecule has 1 aliphatic heterocycles. The van der Waals surface area contributed by atoms with Crippen molar-refractivity contribution >= 4 is 0 Å². The van der Waals surface area contributed by atoms with Gasteiger partial charge in [-0.25, -0.2) is 4.39 Å². The van der Waals surface area contributed by atoms with Crippen LogP contribution in [0, 0.1) is 5.82 Å². The number of hydrogen-bond acceptors (Lipinski definition) is 3. The van der Waals surface area contributed by atoms with E-state index >= 15 is 0 Å². The maximum Gasteiger partial charge on any atom is 0.169 e. The van der Waals surface area contributed by atoms with Crippen LogP contribution < -0.4 is 0 Å². The minimum Gasteiger partial charge on any atom is -0.394 e. The van der Waals surface area contributed by atoms with Crippen LogP contribution in [-0.2, 0) is 9.47 Å². The molecule has 1 unspecified atom stereocenters. The predicted molar refractivity (Wildman–Crippen MR) is 65.5 cm³/mol. The van der Waals surface area contributed by atoms with Crippen LogP contribution in [0.5, 0.6) is 0 Å². The summed E-state index contributed by atoms with van der Waals surface area (Å²) in [5.74, 6) is -1.03. The van der Waals surface area contributed by atoms with Crippen LogP contribution in [-0.4, -0.2) is 23.6 Å². The average Bonchev–Trinajstić information content (AvgIpc) is 2.79. The van der Waals surface area contributed by atoms with Gasteiger partial charge in [-0.3, -0.25) is 0 Å². The minimum atomic E-state index is -0.708. The molecule has 100 valence electrons. The lowest BCUT2D eigenvalue weighted by Crippen LogP contribution is -2.29. The van der Waals surface area contributed by atoms with Crippen molar-refractivity contribution in [3.05, 3.63) is 35.6 Å². The third-order valence-electron chi connectivity index (χ3n) is 3.51. The van der Waals surface area contributed by atoms with Gasteiger partial charge in [0.05, 0.1) is 6.61 Å². The molecule has 0 radical (unpaired) electrons. The minimum absolute atomic E-state index is 0.180. The third kappa shape index (κ3) is 2.28. The van der Waals surface area contributed by atoms with Crippen molar-refractivity contribution in [1.29, 1.82) is 0 Å². The average molecular weight is 254 g/mol. The Balaban J connectivity index is 2.30. The first kappa shape index (κ1) is 13.5. The van der Waals surface area contributed by atoms with E-state index in [2.05, 4.69) is 0 Å². The number of benzene rings is 1. The highest BCUT2D eigenvalue weighted by Crippen LogP contribution is 2.42. The van der Waals surface area contributed by atoms with Gasteiger partial charge in [-0.05, 0) is 18.9 Å². The second-order valence-electron chi connectivity index (χ2n) is 4.52. The summed E-state index contributed by atoms with van der Waals surface area (Å²) >= 11 is 0. The lowest BCUT2D eigenvalue weighted by atomic mass is 10.0. The Labute approximate surface area is 107 Å². The van der Waals surface area contributed by atoms with Gasteiger partial charge in [0.1, 0.15) is 18.0 Å². The molecule has 18 heavy (non-hydrogen) atoms. The molecule has 0 amide bonds. The molecule has 3 nitrogen and oxygen atoms in total. The van der Waals surface area contributed by atoms with E-state index in [-0.39, 0.29) is 12.4 Å². The SMILES string of the molecule is CCC1(CC)OC(c2ccccc2F)[C@H](CO)O1. The van der Waals surface area contributed by atoms with Gasteiger partial charge in [0.2, 0.25) is 0 Å². The van der Waals surface area contributed by atoms with Crippen LogP contribution in [0.15, 0.2) is 24.3 Å². The highest BCUT2D eigenvalue weighted by atomic mass is 19.1. The molecule has 1 aliphatic rings. The Morgan fingerprint density at radius 2 is 1.89 bits per heavy atom. The van der Waals surface area contributed by atoms with Gasteiger partial charge in [-0.15, -0.1) is 0 Å².